The fraction of sp³-hybridized carbons (Fsp3) is 0.517. The van der Waals surface area contributed by atoms with Gasteiger partial charge < -0.3 is 40.4 Å². The smallest absolute Gasteiger partial charge is 0.251 e. The molecule has 4 atom stereocenters. The molecule has 3 aromatic carbocycles. The molecule has 0 bridgehead atoms. The van der Waals surface area contributed by atoms with Crippen molar-refractivity contribution in [1.29, 1.82) is 0 Å². The van der Waals surface area contributed by atoms with E-state index in [1.54, 1.807) is 23.5 Å². The van der Waals surface area contributed by atoms with Gasteiger partial charge in [-0.1, -0.05) is 82.9 Å². The summed E-state index contributed by atoms with van der Waals surface area (Å²) in [7, 11) is 0. The summed E-state index contributed by atoms with van der Waals surface area (Å²) in [5.41, 5.74) is 10.4. The first-order valence-corrected chi connectivity index (χ1v) is 28.4. The Labute approximate surface area is 451 Å². The van der Waals surface area contributed by atoms with E-state index in [2.05, 4.69) is 49.9 Å². The Bertz CT molecular complexity index is 2830. The Hall–Kier alpha value is -6.23. The minimum absolute atomic E-state index is 0.0142. The molecule has 4 heterocycles. The predicted octanol–water partition coefficient (Wildman–Crippen LogP) is 9.05. The summed E-state index contributed by atoms with van der Waals surface area (Å²) in [6.07, 6.45) is 11.9. The maximum atomic E-state index is 14.1. The van der Waals surface area contributed by atoms with Crippen LogP contribution in [-0.4, -0.2) is 90.9 Å². The van der Waals surface area contributed by atoms with Crippen LogP contribution >= 0.6 is 11.3 Å². The van der Waals surface area contributed by atoms with Gasteiger partial charge in [-0.3, -0.25) is 24.0 Å². The number of aliphatic hydroxyl groups excluding tert-OH is 2. The van der Waals surface area contributed by atoms with Crippen molar-refractivity contribution >= 4 is 40.7 Å². The molecule has 0 radical (unpaired) electrons. The minimum Gasteiger partial charge on any atom is -0.493 e. The number of nitrogens with zero attached hydrogens (tertiary/aromatic N) is 4. The van der Waals surface area contributed by atoms with Crippen LogP contribution in [0.2, 0.25) is 0 Å². The Morgan fingerprint density at radius 3 is 2.37 bits per heavy atom. The monoisotopic (exact) mass is 1060 g/mol. The van der Waals surface area contributed by atoms with Crippen molar-refractivity contribution in [2.75, 3.05) is 19.7 Å². The Morgan fingerprint density at radius 2 is 1.64 bits per heavy atom. The number of ketones is 1. The molecule has 15 nitrogen and oxygen atoms in total. The number of aromatic nitrogens is 3. The van der Waals surface area contributed by atoms with E-state index in [-0.39, 0.29) is 68.0 Å². The van der Waals surface area contributed by atoms with Gasteiger partial charge in [0.1, 0.15) is 23.4 Å². The number of Topliss-reactive ketones (excluding diaryl/α,β-unsaturated/α-hetero) is 1. The molecule has 2 aromatic heterocycles. The average molecular weight is 1060 g/mol. The third-order valence-corrected chi connectivity index (χ3v) is 16.4. The van der Waals surface area contributed by atoms with Crippen LogP contribution in [0.15, 0.2) is 66.3 Å². The number of hydrogen-bond acceptors (Lipinski definition) is 11. The first kappa shape index (κ1) is 56.0. The normalized spacial score (nSPS) is 17.3. The first-order valence-electron chi connectivity index (χ1n) is 27.5. The highest BCUT2D eigenvalue weighted by Gasteiger charge is 2.44. The number of rotatable bonds is 25. The molecule has 1 fully saturated rings. The molecule has 16 heteroatoms. The number of nitrogens with one attached hydrogen (secondary N) is 3. The van der Waals surface area contributed by atoms with Gasteiger partial charge in [0.25, 0.3) is 5.91 Å². The lowest BCUT2D eigenvalue weighted by Gasteiger charge is -2.34. The number of benzene rings is 3. The number of carbonyl (C=O) groups excluding carboxylic acids is 5. The molecule has 406 valence electrons. The third kappa shape index (κ3) is 14.2. The van der Waals surface area contributed by atoms with E-state index in [0.29, 0.717) is 55.7 Å². The molecular formula is C60H77N7O8S. The van der Waals surface area contributed by atoms with Gasteiger partial charge in [0, 0.05) is 81.5 Å². The number of fused-ring (bicyclic) bond motifs is 2. The van der Waals surface area contributed by atoms with Crippen molar-refractivity contribution in [3.05, 3.63) is 111 Å². The van der Waals surface area contributed by atoms with Crippen molar-refractivity contribution in [3.8, 4) is 27.4 Å². The molecule has 0 unspecified atom stereocenters. The number of aryl methyl sites for hydroxylation is 4. The van der Waals surface area contributed by atoms with E-state index < -0.39 is 23.5 Å². The molecule has 3 aliphatic rings. The zero-order chi connectivity index (χ0) is 53.9. The minimum atomic E-state index is -0.823. The van der Waals surface area contributed by atoms with Crippen molar-refractivity contribution in [1.82, 2.24) is 35.4 Å². The molecule has 1 saturated heterocycles. The molecule has 2 aliphatic heterocycles. The van der Waals surface area contributed by atoms with Crippen LogP contribution in [-0.2, 0) is 51.7 Å². The van der Waals surface area contributed by atoms with Gasteiger partial charge in [0.15, 0.2) is 0 Å². The number of amides is 4. The summed E-state index contributed by atoms with van der Waals surface area (Å²) in [6, 6.07) is 16.9. The van der Waals surface area contributed by atoms with Gasteiger partial charge in [0.2, 0.25) is 17.7 Å². The topological polar surface area (TPSA) is 205 Å². The molecular weight excluding hydrogens is 979 g/mol. The maximum Gasteiger partial charge on any atom is 0.251 e. The fourth-order valence-corrected chi connectivity index (χ4v) is 11.7. The van der Waals surface area contributed by atoms with Gasteiger partial charge >= 0.3 is 0 Å². The summed E-state index contributed by atoms with van der Waals surface area (Å²) in [6.45, 7) is 11.6. The van der Waals surface area contributed by atoms with Crippen molar-refractivity contribution in [3.63, 3.8) is 0 Å². The summed E-state index contributed by atoms with van der Waals surface area (Å²) in [4.78, 5) is 79.0. The van der Waals surface area contributed by atoms with Gasteiger partial charge in [-0.25, -0.2) is 9.97 Å². The zero-order valence-corrected chi connectivity index (χ0v) is 45.9. The number of likely N-dealkylation sites (tertiary alicyclic amines) is 1. The van der Waals surface area contributed by atoms with Crippen molar-refractivity contribution < 1.29 is 38.9 Å². The number of thiazole rings is 1. The number of ether oxygens (including phenoxy) is 1. The van der Waals surface area contributed by atoms with Crippen LogP contribution in [0.3, 0.4) is 0 Å². The molecule has 1 aliphatic carbocycles. The Morgan fingerprint density at radius 1 is 0.895 bits per heavy atom. The summed E-state index contributed by atoms with van der Waals surface area (Å²) in [5, 5.41) is 30.0. The number of hydrogen-bond donors (Lipinski definition) is 5. The number of unbranched alkanes of at least 4 members (excludes halogenated alkanes) is 5. The van der Waals surface area contributed by atoms with E-state index in [1.807, 2.05) is 64.4 Å². The molecule has 8 rings (SSSR count). The van der Waals surface area contributed by atoms with Crippen LogP contribution in [0.25, 0.3) is 21.7 Å². The predicted molar refractivity (Wildman–Crippen MR) is 294 cm³/mol. The largest absolute Gasteiger partial charge is 0.493 e. The van der Waals surface area contributed by atoms with Crippen molar-refractivity contribution in [2.24, 2.45) is 11.3 Å². The van der Waals surface area contributed by atoms with E-state index in [1.165, 1.54) is 10.5 Å². The molecule has 0 saturated carbocycles. The van der Waals surface area contributed by atoms with Crippen LogP contribution in [0, 0.1) is 25.2 Å². The molecule has 0 spiro atoms. The second kappa shape index (κ2) is 25.7. The second-order valence-corrected chi connectivity index (χ2v) is 23.0. The van der Waals surface area contributed by atoms with Gasteiger partial charge in [-0.2, -0.15) is 0 Å². The third-order valence-electron chi connectivity index (χ3n) is 15.5. The van der Waals surface area contributed by atoms with Crippen LogP contribution in [0.1, 0.15) is 160 Å². The maximum absolute atomic E-state index is 14.1. The quantitative estimate of drug-likeness (QED) is 0.0351. The Kier molecular flexibility index (Phi) is 19.0. The standard InChI is InChI=1S/C60H77N7O8S/c1-38-45(36-68)28-44(57(72)65-50-24-23-41-21-22-43(29-48(41)50)51-35-66-26-12-15-54(66)64-51)30-53(38)75-27-13-25-61-55(71)16-11-9-7-6-8-10-14-46(69)31-49(60(3,4)5)59(74)67-34-47(70)32-52(67)58(73)62-33-40-17-19-42(20-18-40)56-39(2)63-37-76-56/h17-22,28-30,35,37,47,49-50,52,68,70H,6-16,23-27,31-34,36H2,1-5H3,(H,61,71)(H,62,73)(H,65,72)/t47-,49-,50-,52+/m1/s1. The highest BCUT2D eigenvalue weighted by molar-refractivity contribution is 7.13. The number of β-amino-alcohol motifs (C(OH)–C–C–N with tert-alkyl or cyclic N) is 1. The highest BCUT2D eigenvalue weighted by Crippen LogP contribution is 2.37. The molecule has 4 amide bonds. The van der Waals surface area contributed by atoms with Crippen LogP contribution < -0.4 is 20.7 Å². The zero-order valence-electron chi connectivity index (χ0n) is 45.1. The summed E-state index contributed by atoms with van der Waals surface area (Å²) >= 11 is 1.58. The first-order chi connectivity index (χ1) is 36.6. The van der Waals surface area contributed by atoms with Gasteiger partial charge in [-0.05, 0) is 109 Å². The van der Waals surface area contributed by atoms with Gasteiger partial charge in [-0.15, -0.1) is 11.3 Å². The van der Waals surface area contributed by atoms with E-state index >= 15 is 0 Å². The molecule has 76 heavy (non-hydrogen) atoms. The average Bonchev–Trinajstić information content (AvgIpc) is 4.27. The van der Waals surface area contributed by atoms with Crippen LogP contribution in [0.4, 0.5) is 0 Å². The second-order valence-electron chi connectivity index (χ2n) is 22.1. The SMILES string of the molecule is Cc1ncsc1-c1ccc(CNC(=O)[C@@H]2C[C@@H](O)CN2C(=O)[C@@H](CC(=O)CCCCCCCCC(=O)NCCCOc2cc(C(=O)N[C@@H]3CCc4ccc(-c5cn6c(n5)CCC6)cc43)cc(CO)c2C)C(C)(C)C)cc1. The Balaban J connectivity index is 0.693. The lowest BCUT2D eigenvalue weighted by Crippen LogP contribution is -2.50. The lowest BCUT2D eigenvalue weighted by molar-refractivity contribution is -0.146. The summed E-state index contributed by atoms with van der Waals surface area (Å²) < 4.78 is 8.36. The summed E-state index contributed by atoms with van der Waals surface area (Å²) in [5.74, 6) is 0.215. The number of aliphatic hydroxyl groups is 2. The number of imidazole rings is 1. The van der Waals surface area contributed by atoms with Gasteiger partial charge in [0.05, 0.1) is 47.1 Å². The number of carbonyl (C=O) groups is 5. The fourth-order valence-electron chi connectivity index (χ4n) is 10.9. The highest BCUT2D eigenvalue weighted by atomic mass is 32.1. The lowest BCUT2D eigenvalue weighted by atomic mass is 9.76. The van der Waals surface area contributed by atoms with E-state index in [4.69, 9.17) is 9.72 Å². The van der Waals surface area contributed by atoms with Crippen molar-refractivity contribution in [2.45, 2.75) is 169 Å². The van der Waals surface area contributed by atoms with E-state index in [9.17, 15) is 34.2 Å². The molecule has 5 N–H and O–H groups in total. The van der Waals surface area contributed by atoms with Crippen LogP contribution in [0.5, 0.6) is 5.75 Å². The molecule has 5 aromatic rings. The van der Waals surface area contributed by atoms with E-state index in [0.717, 1.165) is 114 Å².